The number of carbonyl (C=O) groups is 1. The Hall–Kier alpha value is -1.69. The minimum Gasteiger partial charge on any atom is -0.397 e. The zero-order valence-electron chi connectivity index (χ0n) is 10.1. The molecule has 0 saturated carbocycles. The van der Waals surface area contributed by atoms with Crippen LogP contribution in [-0.4, -0.2) is 32.6 Å². The van der Waals surface area contributed by atoms with Gasteiger partial charge in [0, 0.05) is 7.05 Å². The van der Waals surface area contributed by atoms with E-state index in [2.05, 4.69) is 4.74 Å². The Kier molecular flexibility index (Phi) is 5.51. The lowest BCUT2D eigenvalue weighted by Gasteiger charge is -2.19. The largest absolute Gasteiger partial charge is 0.397 e. The number of hydrogen-bond acceptors (Lipinski definition) is 3. The fourth-order valence-corrected chi connectivity index (χ4v) is 1.43. The van der Waals surface area contributed by atoms with Gasteiger partial charge >= 0.3 is 0 Å². The Bertz CT molecular complexity index is 399. The summed E-state index contributed by atoms with van der Waals surface area (Å²) in [6.45, 7) is -0.676. The Morgan fingerprint density at radius 2 is 2.11 bits per heavy atom. The maximum Gasteiger partial charge on any atom is 0.261 e. The van der Waals surface area contributed by atoms with Crippen LogP contribution in [-0.2, 0) is 9.53 Å². The highest BCUT2D eigenvalue weighted by Gasteiger charge is 2.13. The van der Waals surface area contributed by atoms with E-state index in [1.54, 1.807) is 31.3 Å². The van der Waals surface area contributed by atoms with Gasteiger partial charge in [0.05, 0.1) is 24.4 Å². The number of amides is 1. The standard InChI is InChI=1S/C12H16F2N2O2/c1-16(10-5-3-2-4-9(10)15)12(17)6-7-18-8-11(13)14/h2-5,11H,6-8,15H2,1H3. The van der Waals surface area contributed by atoms with Crippen molar-refractivity contribution in [3.63, 3.8) is 0 Å². The van der Waals surface area contributed by atoms with Crippen LogP contribution in [0.2, 0.25) is 0 Å². The van der Waals surface area contributed by atoms with Gasteiger partial charge in [0.1, 0.15) is 6.61 Å². The van der Waals surface area contributed by atoms with Gasteiger partial charge < -0.3 is 15.4 Å². The van der Waals surface area contributed by atoms with E-state index in [-0.39, 0.29) is 18.9 Å². The number of hydrogen-bond donors (Lipinski definition) is 1. The van der Waals surface area contributed by atoms with Crippen LogP contribution in [0.1, 0.15) is 6.42 Å². The van der Waals surface area contributed by atoms with Crippen LogP contribution in [0.5, 0.6) is 0 Å². The van der Waals surface area contributed by atoms with E-state index in [0.29, 0.717) is 11.4 Å². The number of ether oxygens (including phenoxy) is 1. The molecule has 0 aliphatic carbocycles. The van der Waals surface area contributed by atoms with Crippen LogP contribution in [0.25, 0.3) is 0 Å². The molecule has 100 valence electrons. The number of anilines is 2. The number of rotatable bonds is 6. The summed E-state index contributed by atoms with van der Waals surface area (Å²) in [4.78, 5) is 13.1. The second kappa shape index (κ2) is 6.90. The Labute approximate surface area is 104 Å². The van der Waals surface area contributed by atoms with Gasteiger partial charge in [-0.05, 0) is 12.1 Å². The Balaban J connectivity index is 2.45. The highest BCUT2D eigenvalue weighted by atomic mass is 19.3. The summed E-state index contributed by atoms with van der Waals surface area (Å²) < 4.78 is 28.3. The summed E-state index contributed by atoms with van der Waals surface area (Å²) in [5.41, 5.74) is 6.81. The van der Waals surface area contributed by atoms with Gasteiger partial charge in [-0.15, -0.1) is 0 Å². The first-order valence-electron chi connectivity index (χ1n) is 5.49. The molecule has 0 aliphatic rings. The van der Waals surface area contributed by atoms with Gasteiger partial charge in [0.2, 0.25) is 5.91 Å². The molecular formula is C12H16F2N2O2. The molecule has 0 heterocycles. The van der Waals surface area contributed by atoms with E-state index < -0.39 is 13.0 Å². The number of para-hydroxylation sites is 2. The van der Waals surface area contributed by atoms with Crippen LogP contribution < -0.4 is 10.6 Å². The summed E-state index contributed by atoms with van der Waals surface area (Å²) >= 11 is 0. The van der Waals surface area contributed by atoms with E-state index in [9.17, 15) is 13.6 Å². The van der Waals surface area contributed by atoms with Crippen LogP contribution in [0.3, 0.4) is 0 Å². The van der Waals surface area contributed by atoms with E-state index in [1.165, 1.54) is 4.90 Å². The zero-order chi connectivity index (χ0) is 13.5. The number of nitrogens with two attached hydrogens (primary N) is 1. The van der Waals surface area contributed by atoms with Crippen LogP contribution in [0, 0.1) is 0 Å². The monoisotopic (exact) mass is 258 g/mol. The molecule has 0 atom stereocenters. The molecule has 0 spiro atoms. The van der Waals surface area contributed by atoms with Gasteiger partial charge in [-0.25, -0.2) is 8.78 Å². The molecular weight excluding hydrogens is 242 g/mol. The van der Waals surface area contributed by atoms with Gasteiger partial charge in [-0.3, -0.25) is 4.79 Å². The predicted octanol–water partition coefficient (Wildman–Crippen LogP) is 1.90. The third-order valence-corrected chi connectivity index (χ3v) is 2.38. The Morgan fingerprint density at radius 1 is 1.44 bits per heavy atom. The highest BCUT2D eigenvalue weighted by Crippen LogP contribution is 2.21. The first-order valence-corrected chi connectivity index (χ1v) is 5.49. The third-order valence-electron chi connectivity index (χ3n) is 2.38. The van der Waals surface area contributed by atoms with Crippen molar-refractivity contribution in [3.05, 3.63) is 24.3 Å². The summed E-state index contributed by atoms with van der Waals surface area (Å²) in [7, 11) is 1.58. The van der Waals surface area contributed by atoms with Crippen molar-refractivity contribution in [2.45, 2.75) is 12.8 Å². The minimum atomic E-state index is -2.51. The molecule has 0 aliphatic heterocycles. The average molecular weight is 258 g/mol. The fraction of sp³-hybridized carbons (Fsp3) is 0.417. The van der Waals surface area contributed by atoms with Crippen molar-refractivity contribution < 1.29 is 18.3 Å². The number of nitrogens with zero attached hydrogens (tertiary/aromatic N) is 1. The molecule has 1 amide bonds. The number of nitrogen functional groups attached to an aromatic ring is 1. The maximum absolute atomic E-state index is 11.8. The van der Waals surface area contributed by atoms with Crippen LogP contribution >= 0.6 is 0 Å². The Morgan fingerprint density at radius 3 is 2.72 bits per heavy atom. The molecule has 0 bridgehead atoms. The van der Waals surface area contributed by atoms with Gasteiger partial charge in [0.25, 0.3) is 6.43 Å². The first-order chi connectivity index (χ1) is 8.52. The van der Waals surface area contributed by atoms with Gasteiger partial charge in [-0.2, -0.15) is 0 Å². The molecule has 0 saturated heterocycles. The highest BCUT2D eigenvalue weighted by molar-refractivity contribution is 5.95. The van der Waals surface area contributed by atoms with Crippen molar-refractivity contribution in [2.24, 2.45) is 0 Å². The van der Waals surface area contributed by atoms with Crippen molar-refractivity contribution in [1.29, 1.82) is 0 Å². The normalized spacial score (nSPS) is 10.7. The number of carbonyl (C=O) groups excluding carboxylic acids is 1. The molecule has 0 aromatic heterocycles. The second-order valence-corrected chi connectivity index (χ2v) is 3.73. The summed E-state index contributed by atoms with van der Waals surface area (Å²) in [5, 5.41) is 0. The quantitative estimate of drug-likeness (QED) is 0.626. The molecule has 6 heteroatoms. The molecule has 0 unspecified atom stereocenters. The number of halogens is 2. The fourth-order valence-electron chi connectivity index (χ4n) is 1.43. The van der Waals surface area contributed by atoms with E-state index in [4.69, 9.17) is 5.73 Å². The van der Waals surface area contributed by atoms with Crippen molar-refractivity contribution in [3.8, 4) is 0 Å². The number of benzene rings is 1. The third kappa shape index (κ3) is 4.29. The van der Waals surface area contributed by atoms with E-state index >= 15 is 0 Å². The molecule has 0 radical (unpaired) electrons. The molecule has 1 aromatic rings. The lowest BCUT2D eigenvalue weighted by Crippen LogP contribution is -2.28. The smallest absolute Gasteiger partial charge is 0.261 e. The topological polar surface area (TPSA) is 55.6 Å². The molecule has 18 heavy (non-hydrogen) atoms. The second-order valence-electron chi connectivity index (χ2n) is 3.73. The zero-order valence-corrected chi connectivity index (χ0v) is 10.1. The molecule has 1 rings (SSSR count). The van der Waals surface area contributed by atoms with Crippen molar-refractivity contribution in [1.82, 2.24) is 0 Å². The van der Waals surface area contributed by atoms with Crippen LogP contribution in [0.4, 0.5) is 20.2 Å². The van der Waals surface area contributed by atoms with E-state index in [1.807, 2.05) is 0 Å². The SMILES string of the molecule is CN(C(=O)CCOCC(F)F)c1ccccc1N. The number of alkyl halides is 2. The van der Waals surface area contributed by atoms with Crippen LogP contribution in [0.15, 0.2) is 24.3 Å². The predicted molar refractivity (Wildman–Crippen MR) is 65.7 cm³/mol. The van der Waals surface area contributed by atoms with Crippen molar-refractivity contribution in [2.75, 3.05) is 30.9 Å². The maximum atomic E-state index is 11.8. The summed E-state index contributed by atoms with van der Waals surface area (Å²) in [6, 6.07) is 6.94. The van der Waals surface area contributed by atoms with Gasteiger partial charge in [0.15, 0.2) is 0 Å². The summed E-state index contributed by atoms with van der Waals surface area (Å²) in [5.74, 6) is -0.234. The average Bonchev–Trinajstić information content (AvgIpc) is 2.34. The first kappa shape index (κ1) is 14.4. The molecule has 0 fully saturated rings. The summed E-state index contributed by atoms with van der Waals surface area (Å²) in [6.07, 6.45) is -2.47. The van der Waals surface area contributed by atoms with Gasteiger partial charge in [-0.1, -0.05) is 12.1 Å². The molecule has 1 aromatic carbocycles. The minimum absolute atomic E-state index is 0.0275. The lowest BCUT2D eigenvalue weighted by atomic mass is 10.2. The van der Waals surface area contributed by atoms with E-state index in [0.717, 1.165) is 0 Å². The molecule has 4 nitrogen and oxygen atoms in total. The lowest BCUT2D eigenvalue weighted by molar-refractivity contribution is -0.119. The molecule has 2 N–H and O–H groups in total. The van der Waals surface area contributed by atoms with Crippen molar-refractivity contribution >= 4 is 17.3 Å².